The Morgan fingerprint density at radius 2 is 2.14 bits per heavy atom. The first-order valence-corrected chi connectivity index (χ1v) is 7.51. The van der Waals surface area contributed by atoms with Gasteiger partial charge in [-0.05, 0) is 38.1 Å². The van der Waals surface area contributed by atoms with Crippen molar-refractivity contribution < 1.29 is 9.53 Å². The largest absolute Gasteiger partial charge is 0.376 e. The molecule has 1 aliphatic heterocycles. The van der Waals surface area contributed by atoms with E-state index < -0.39 is 0 Å². The average Bonchev–Trinajstić information content (AvgIpc) is 3.01. The van der Waals surface area contributed by atoms with E-state index in [1.165, 1.54) is 0 Å². The maximum atomic E-state index is 12.2. The predicted molar refractivity (Wildman–Crippen MR) is 82.5 cm³/mol. The summed E-state index contributed by atoms with van der Waals surface area (Å²) in [7, 11) is 0. The molecule has 1 amide bonds. The molecule has 1 aromatic heterocycles. The van der Waals surface area contributed by atoms with Crippen LogP contribution < -0.4 is 10.6 Å². The summed E-state index contributed by atoms with van der Waals surface area (Å²) in [4.78, 5) is 15.3. The lowest BCUT2D eigenvalue weighted by Crippen LogP contribution is -2.34. The molecule has 5 nitrogen and oxygen atoms in total. The van der Waals surface area contributed by atoms with E-state index in [9.17, 15) is 4.79 Å². The molecule has 3 N–H and O–H groups in total. The highest BCUT2D eigenvalue weighted by Gasteiger charge is 2.13. The van der Waals surface area contributed by atoms with Crippen LogP contribution in [0.15, 0.2) is 30.5 Å². The Hall–Kier alpha value is -1.85. The van der Waals surface area contributed by atoms with Crippen LogP contribution in [0, 0.1) is 0 Å². The van der Waals surface area contributed by atoms with Gasteiger partial charge in [0.25, 0.3) is 5.91 Å². The molecular weight excluding hydrogens is 266 g/mol. The van der Waals surface area contributed by atoms with Gasteiger partial charge in [-0.25, -0.2) is 0 Å². The monoisotopic (exact) mass is 287 g/mol. The molecule has 0 radical (unpaired) electrons. The summed E-state index contributed by atoms with van der Waals surface area (Å²) in [6.07, 6.45) is 4.28. The molecule has 21 heavy (non-hydrogen) atoms. The second-order valence-corrected chi connectivity index (χ2v) is 5.32. The highest BCUT2D eigenvalue weighted by atomic mass is 16.5. The molecule has 3 rings (SSSR count). The first-order valence-electron chi connectivity index (χ1n) is 7.51. The zero-order valence-electron chi connectivity index (χ0n) is 12.0. The van der Waals surface area contributed by atoms with E-state index in [1.54, 1.807) is 0 Å². The Bertz CT molecular complexity index is 602. The third kappa shape index (κ3) is 3.43. The van der Waals surface area contributed by atoms with Crippen LogP contribution in [-0.4, -0.2) is 43.2 Å². The third-order valence-electron chi connectivity index (χ3n) is 3.86. The molecule has 0 unspecified atom stereocenters. The van der Waals surface area contributed by atoms with Crippen LogP contribution in [0.2, 0.25) is 0 Å². The van der Waals surface area contributed by atoms with E-state index in [2.05, 4.69) is 15.6 Å². The van der Waals surface area contributed by atoms with E-state index >= 15 is 0 Å². The summed E-state index contributed by atoms with van der Waals surface area (Å²) in [5, 5.41) is 7.28. The number of piperidine rings is 1. The standard InChI is InChI=1S/C16H21N3O2/c20-16(14-3-1-2-12-4-9-18-15(12)14)19-10-11-21-13-5-7-17-8-6-13/h1-4,9,13,17-18H,5-8,10-11H2,(H,19,20). The Morgan fingerprint density at radius 1 is 1.29 bits per heavy atom. The minimum absolute atomic E-state index is 0.0584. The van der Waals surface area contributed by atoms with Gasteiger partial charge in [-0.1, -0.05) is 12.1 Å². The lowest BCUT2D eigenvalue weighted by molar-refractivity contribution is 0.0343. The Labute approximate surface area is 124 Å². The Balaban J connectivity index is 1.49. The van der Waals surface area contributed by atoms with E-state index in [4.69, 9.17) is 4.74 Å². The summed E-state index contributed by atoms with van der Waals surface area (Å²) in [5.41, 5.74) is 1.56. The number of hydrogen-bond donors (Lipinski definition) is 3. The molecule has 0 aliphatic carbocycles. The topological polar surface area (TPSA) is 66.2 Å². The van der Waals surface area contributed by atoms with Gasteiger partial charge in [0, 0.05) is 18.1 Å². The van der Waals surface area contributed by atoms with Gasteiger partial charge in [-0.2, -0.15) is 0 Å². The normalized spacial score (nSPS) is 16.2. The Morgan fingerprint density at radius 3 is 3.00 bits per heavy atom. The molecule has 5 heteroatoms. The van der Waals surface area contributed by atoms with Crippen LogP contribution in [0.25, 0.3) is 10.9 Å². The fraction of sp³-hybridized carbons (Fsp3) is 0.438. The molecule has 1 fully saturated rings. The minimum atomic E-state index is -0.0584. The van der Waals surface area contributed by atoms with Crippen LogP contribution in [0.5, 0.6) is 0 Å². The van der Waals surface area contributed by atoms with E-state index in [0.717, 1.165) is 36.8 Å². The number of aromatic nitrogens is 1. The molecule has 2 heterocycles. The van der Waals surface area contributed by atoms with Gasteiger partial charge in [-0.15, -0.1) is 0 Å². The van der Waals surface area contributed by atoms with Crippen LogP contribution in [-0.2, 0) is 4.74 Å². The Kier molecular flexibility index (Phi) is 4.52. The highest BCUT2D eigenvalue weighted by Crippen LogP contribution is 2.16. The quantitative estimate of drug-likeness (QED) is 0.733. The van der Waals surface area contributed by atoms with E-state index in [-0.39, 0.29) is 5.91 Å². The zero-order valence-corrected chi connectivity index (χ0v) is 12.0. The van der Waals surface area contributed by atoms with Gasteiger partial charge >= 0.3 is 0 Å². The number of ether oxygens (including phenoxy) is 1. The number of para-hydroxylation sites is 1. The summed E-state index contributed by atoms with van der Waals surface area (Å²) in [6.45, 7) is 3.15. The van der Waals surface area contributed by atoms with Gasteiger partial charge in [-0.3, -0.25) is 4.79 Å². The first kappa shape index (κ1) is 14.1. The number of rotatable bonds is 5. The summed E-state index contributed by atoms with van der Waals surface area (Å²) in [5.74, 6) is -0.0584. The number of aromatic amines is 1. The van der Waals surface area contributed by atoms with Crippen LogP contribution in [0.1, 0.15) is 23.2 Å². The number of hydrogen-bond acceptors (Lipinski definition) is 3. The van der Waals surface area contributed by atoms with Gasteiger partial charge < -0.3 is 20.4 Å². The third-order valence-corrected chi connectivity index (χ3v) is 3.86. The number of H-pyrrole nitrogens is 1. The number of carbonyl (C=O) groups is 1. The molecule has 0 saturated carbocycles. The highest BCUT2D eigenvalue weighted by molar-refractivity contribution is 6.05. The number of nitrogens with one attached hydrogen (secondary N) is 3. The predicted octanol–water partition coefficient (Wildman–Crippen LogP) is 1.67. The van der Waals surface area contributed by atoms with E-state index in [0.29, 0.717) is 24.8 Å². The number of benzene rings is 1. The SMILES string of the molecule is O=C(NCCOC1CCNCC1)c1cccc2cc[nH]c12. The van der Waals surface area contributed by atoms with Gasteiger partial charge in [0.1, 0.15) is 0 Å². The molecule has 112 valence electrons. The van der Waals surface area contributed by atoms with Crippen molar-refractivity contribution in [1.82, 2.24) is 15.6 Å². The smallest absolute Gasteiger partial charge is 0.253 e. The van der Waals surface area contributed by atoms with Crippen molar-refractivity contribution in [2.75, 3.05) is 26.2 Å². The number of fused-ring (bicyclic) bond motifs is 1. The number of carbonyl (C=O) groups excluding carboxylic acids is 1. The second kappa shape index (κ2) is 6.74. The van der Waals surface area contributed by atoms with Crippen LogP contribution >= 0.6 is 0 Å². The van der Waals surface area contributed by atoms with Crippen LogP contribution in [0.4, 0.5) is 0 Å². The molecule has 1 saturated heterocycles. The lowest BCUT2D eigenvalue weighted by Gasteiger charge is -2.22. The maximum Gasteiger partial charge on any atom is 0.253 e. The summed E-state index contributed by atoms with van der Waals surface area (Å²) < 4.78 is 5.78. The molecular formula is C16H21N3O2. The van der Waals surface area contributed by atoms with Crippen molar-refractivity contribution in [2.45, 2.75) is 18.9 Å². The van der Waals surface area contributed by atoms with Crippen LogP contribution in [0.3, 0.4) is 0 Å². The van der Waals surface area contributed by atoms with Crippen molar-refractivity contribution in [2.24, 2.45) is 0 Å². The summed E-state index contributed by atoms with van der Waals surface area (Å²) in [6, 6.07) is 7.69. The van der Waals surface area contributed by atoms with Crippen molar-refractivity contribution in [3.63, 3.8) is 0 Å². The zero-order chi connectivity index (χ0) is 14.5. The van der Waals surface area contributed by atoms with Crippen molar-refractivity contribution in [3.8, 4) is 0 Å². The minimum Gasteiger partial charge on any atom is -0.376 e. The average molecular weight is 287 g/mol. The fourth-order valence-corrected chi connectivity index (χ4v) is 2.72. The molecule has 0 bridgehead atoms. The van der Waals surface area contributed by atoms with Crippen molar-refractivity contribution in [3.05, 3.63) is 36.0 Å². The van der Waals surface area contributed by atoms with Gasteiger partial charge in [0.05, 0.1) is 23.8 Å². The first-order chi connectivity index (χ1) is 10.3. The maximum absolute atomic E-state index is 12.2. The second-order valence-electron chi connectivity index (χ2n) is 5.32. The van der Waals surface area contributed by atoms with Gasteiger partial charge in [0.15, 0.2) is 0 Å². The summed E-state index contributed by atoms with van der Waals surface area (Å²) >= 11 is 0. The van der Waals surface area contributed by atoms with E-state index in [1.807, 2.05) is 30.5 Å². The molecule has 1 aliphatic rings. The van der Waals surface area contributed by atoms with Crippen molar-refractivity contribution in [1.29, 1.82) is 0 Å². The molecule has 1 aromatic carbocycles. The molecule has 0 atom stereocenters. The van der Waals surface area contributed by atoms with Gasteiger partial charge in [0.2, 0.25) is 0 Å². The van der Waals surface area contributed by atoms with Crippen molar-refractivity contribution >= 4 is 16.8 Å². The fourth-order valence-electron chi connectivity index (χ4n) is 2.72. The number of amides is 1. The molecule has 0 spiro atoms. The lowest BCUT2D eigenvalue weighted by atomic mass is 10.1. The molecule has 2 aromatic rings.